The first kappa shape index (κ1) is 20.8. The van der Waals surface area contributed by atoms with Crippen LogP contribution in [0.15, 0.2) is 42.5 Å². The monoisotopic (exact) mass is 431 g/mol. The molecule has 2 heterocycles. The lowest BCUT2D eigenvalue weighted by molar-refractivity contribution is 0.0532. The number of thiazole rings is 1. The lowest BCUT2D eigenvalue weighted by Gasteiger charge is -2.06. The largest absolute Gasteiger partial charge is 0.478 e. The summed E-state index contributed by atoms with van der Waals surface area (Å²) in [4.78, 5) is 33.9. The van der Waals surface area contributed by atoms with Crippen molar-refractivity contribution in [3.8, 4) is 17.1 Å². The van der Waals surface area contributed by atoms with Gasteiger partial charge in [0.2, 0.25) is 5.88 Å². The zero-order valence-corrected chi connectivity index (χ0v) is 17.3. The molecule has 0 unspecified atom stereocenters. The summed E-state index contributed by atoms with van der Waals surface area (Å²) in [7, 11) is 0. The van der Waals surface area contributed by atoms with E-state index >= 15 is 0 Å². The minimum absolute atomic E-state index is 0.00626. The number of anilines is 1. The Bertz CT molecular complexity index is 1020. The van der Waals surface area contributed by atoms with Crippen LogP contribution < -0.4 is 10.1 Å². The highest BCUT2D eigenvalue weighted by Crippen LogP contribution is 2.32. The summed E-state index contributed by atoms with van der Waals surface area (Å²) < 4.78 is 10.4. The summed E-state index contributed by atoms with van der Waals surface area (Å²) >= 11 is 7.14. The Morgan fingerprint density at radius 2 is 1.83 bits per heavy atom. The minimum Gasteiger partial charge on any atom is -0.478 e. The van der Waals surface area contributed by atoms with Gasteiger partial charge in [0.05, 0.1) is 23.9 Å². The molecule has 3 aromatic rings. The lowest BCUT2D eigenvalue weighted by Crippen LogP contribution is -2.14. The number of carbonyl (C=O) groups is 2. The van der Waals surface area contributed by atoms with E-state index in [0.717, 1.165) is 16.9 Å². The molecule has 1 amide bonds. The molecule has 0 radical (unpaired) electrons. The zero-order chi connectivity index (χ0) is 20.8. The molecule has 0 spiro atoms. The Morgan fingerprint density at radius 3 is 2.52 bits per heavy atom. The van der Waals surface area contributed by atoms with E-state index in [2.05, 4.69) is 15.3 Å². The molecule has 150 valence electrons. The molecule has 0 bridgehead atoms. The number of hydrogen-bond donors (Lipinski definition) is 1. The maximum absolute atomic E-state index is 12.7. The fraction of sp³-hybridized carbons (Fsp3) is 0.200. The number of nitrogens with one attached hydrogen (secondary N) is 1. The van der Waals surface area contributed by atoms with Crippen LogP contribution in [0, 0.1) is 0 Å². The van der Waals surface area contributed by atoms with Crippen LogP contribution >= 0.6 is 22.9 Å². The number of rotatable bonds is 7. The zero-order valence-electron chi connectivity index (χ0n) is 15.8. The van der Waals surface area contributed by atoms with Gasteiger partial charge in [0.25, 0.3) is 5.91 Å². The molecule has 0 fully saturated rings. The van der Waals surface area contributed by atoms with E-state index in [1.54, 1.807) is 13.0 Å². The second-order valence-electron chi connectivity index (χ2n) is 5.65. The molecule has 0 saturated heterocycles. The number of aromatic nitrogens is 2. The molecule has 0 atom stereocenters. The van der Waals surface area contributed by atoms with Crippen molar-refractivity contribution in [2.75, 3.05) is 18.5 Å². The smallest absolute Gasteiger partial charge is 0.350 e. The molecule has 0 saturated carbocycles. The SMILES string of the molecule is CCOC(=O)c1sc(NC(=O)c2nc(OCC)ccc2Cl)nc1-c1ccccc1. The Hall–Kier alpha value is -2.97. The predicted molar refractivity (Wildman–Crippen MR) is 112 cm³/mol. The Kier molecular flexibility index (Phi) is 6.79. The van der Waals surface area contributed by atoms with Crippen LogP contribution in [0.1, 0.15) is 34.0 Å². The first-order valence-electron chi connectivity index (χ1n) is 8.87. The number of halogens is 1. The van der Waals surface area contributed by atoms with Crippen LogP contribution in [-0.4, -0.2) is 35.1 Å². The van der Waals surface area contributed by atoms with Gasteiger partial charge in [-0.15, -0.1) is 0 Å². The number of pyridine rings is 1. The van der Waals surface area contributed by atoms with Gasteiger partial charge >= 0.3 is 5.97 Å². The molecule has 1 aromatic carbocycles. The maximum Gasteiger partial charge on any atom is 0.350 e. The van der Waals surface area contributed by atoms with Gasteiger partial charge in [-0.25, -0.2) is 14.8 Å². The number of nitrogens with zero attached hydrogens (tertiary/aromatic N) is 2. The molecule has 2 aromatic heterocycles. The van der Waals surface area contributed by atoms with E-state index in [1.165, 1.54) is 6.07 Å². The van der Waals surface area contributed by atoms with Crippen LogP contribution in [0.3, 0.4) is 0 Å². The van der Waals surface area contributed by atoms with Crippen LogP contribution in [0.5, 0.6) is 5.88 Å². The third-order valence-electron chi connectivity index (χ3n) is 3.68. The van der Waals surface area contributed by atoms with E-state index in [4.69, 9.17) is 21.1 Å². The molecule has 0 aliphatic heterocycles. The highest BCUT2D eigenvalue weighted by molar-refractivity contribution is 7.18. The summed E-state index contributed by atoms with van der Waals surface area (Å²) in [5, 5.41) is 3.06. The number of hydrogen-bond acceptors (Lipinski definition) is 7. The first-order chi connectivity index (χ1) is 14.0. The molecular weight excluding hydrogens is 414 g/mol. The summed E-state index contributed by atoms with van der Waals surface area (Å²) in [6, 6.07) is 12.3. The molecule has 9 heteroatoms. The maximum atomic E-state index is 12.7. The van der Waals surface area contributed by atoms with Gasteiger partial charge < -0.3 is 9.47 Å². The quantitative estimate of drug-likeness (QED) is 0.546. The fourth-order valence-electron chi connectivity index (χ4n) is 2.47. The van der Waals surface area contributed by atoms with Gasteiger partial charge in [0.1, 0.15) is 4.88 Å². The first-order valence-corrected chi connectivity index (χ1v) is 10.1. The summed E-state index contributed by atoms with van der Waals surface area (Å²) in [6.07, 6.45) is 0. The van der Waals surface area contributed by atoms with Crippen molar-refractivity contribution in [3.63, 3.8) is 0 Å². The van der Waals surface area contributed by atoms with Crippen LogP contribution in [0.2, 0.25) is 5.02 Å². The minimum atomic E-state index is -0.555. The Morgan fingerprint density at radius 1 is 1.07 bits per heavy atom. The molecular formula is C20H18ClN3O4S. The number of ether oxygens (including phenoxy) is 2. The van der Waals surface area contributed by atoms with E-state index in [9.17, 15) is 9.59 Å². The molecule has 0 aliphatic rings. The van der Waals surface area contributed by atoms with E-state index in [1.807, 2.05) is 37.3 Å². The fourth-order valence-corrected chi connectivity index (χ4v) is 3.54. The summed E-state index contributed by atoms with van der Waals surface area (Å²) in [6.45, 7) is 4.18. The van der Waals surface area contributed by atoms with Gasteiger partial charge in [-0.3, -0.25) is 10.1 Å². The molecule has 1 N–H and O–H groups in total. The molecule has 3 rings (SSSR count). The van der Waals surface area contributed by atoms with Crippen molar-refractivity contribution in [1.82, 2.24) is 9.97 Å². The number of carbonyl (C=O) groups excluding carboxylic acids is 2. The van der Waals surface area contributed by atoms with E-state index < -0.39 is 11.9 Å². The second-order valence-corrected chi connectivity index (χ2v) is 7.06. The predicted octanol–water partition coefficient (Wildman–Crippen LogP) is 4.69. The Balaban J connectivity index is 1.92. The third-order valence-corrected chi connectivity index (χ3v) is 4.94. The van der Waals surface area contributed by atoms with Gasteiger partial charge in [-0.1, -0.05) is 53.3 Å². The third kappa shape index (κ3) is 4.90. The molecule has 7 nitrogen and oxygen atoms in total. The summed E-state index contributed by atoms with van der Waals surface area (Å²) in [5.41, 5.74) is 1.18. The standard InChI is InChI=1S/C20H18ClN3O4S/c1-3-27-14-11-10-13(21)16(22-14)18(25)24-20-23-15(12-8-6-5-7-9-12)17(29-20)19(26)28-4-2/h5-11H,3-4H2,1-2H3,(H,23,24,25). The number of esters is 1. The van der Waals surface area contributed by atoms with Crippen LogP contribution in [0.25, 0.3) is 11.3 Å². The van der Waals surface area contributed by atoms with E-state index in [0.29, 0.717) is 23.1 Å². The van der Waals surface area contributed by atoms with Crippen LogP contribution in [0.4, 0.5) is 5.13 Å². The molecule has 29 heavy (non-hydrogen) atoms. The lowest BCUT2D eigenvalue weighted by atomic mass is 10.1. The van der Waals surface area contributed by atoms with Gasteiger partial charge in [-0.2, -0.15) is 0 Å². The van der Waals surface area contributed by atoms with Crippen molar-refractivity contribution in [3.05, 3.63) is 58.1 Å². The van der Waals surface area contributed by atoms with Crippen molar-refractivity contribution < 1.29 is 19.1 Å². The van der Waals surface area contributed by atoms with E-state index in [-0.39, 0.29) is 22.5 Å². The van der Waals surface area contributed by atoms with Gasteiger partial charge in [0, 0.05) is 11.6 Å². The van der Waals surface area contributed by atoms with Gasteiger partial charge in [0.15, 0.2) is 10.8 Å². The highest BCUT2D eigenvalue weighted by atomic mass is 35.5. The average Bonchev–Trinajstić information content (AvgIpc) is 3.14. The molecule has 0 aliphatic carbocycles. The van der Waals surface area contributed by atoms with Crippen molar-refractivity contribution in [1.29, 1.82) is 0 Å². The van der Waals surface area contributed by atoms with Crippen molar-refractivity contribution in [2.45, 2.75) is 13.8 Å². The highest BCUT2D eigenvalue weighted by Gasteiger charge is 2.23. The normalized spacial score (nSPS) is 10.4. The number of benzene rings is 1. The van der Waals surface area contributed by atoms with Gasteiger partial charge in [-0.05, 0) is 19.9 Å². The number of amides is 1. The second kappa shape index (κ2) is 9.49. The average molecular weight is 432 g/mol. The van der Waals surface area contributed by atoms with Crippen molar-refractivity contribution >= 4 is 39.9 Å². The van der Waals surface area contributed by atoms with Crippen molar-refractivity contribution in [2.24, 2.45) is 0 Å². The van der Waals surface area contributed by atoms with Crippen LogP contribution in [-0.2, 0) is 4.74 Å². The Labute approximate surface area is 176 Å². The topological polar surface area (TPSA) is 90.4 Å². The summed E-state index contributed by atoms with van der Waals surface area (Å²) in [5.74, 6) is -0.766.